The van der Waals surface area contributed by atoms with Crippen LogP contribution in [0, 0.1) is 5.41 Å². The Morgan fingerprint density at radius 1 is 0.298 bits per heavy atom. The van der Waals surface area contributed by atoms with Gasteiger partial charge in [0.1, 0.15) is 16.8 Å². The van der Waals surface area contributed by atoms with E-state index in [1.165, 1.54) is 0 Å². The molecular weight excluding hydrogens is 576 g/mol. The summed E-state index contributed by atoms with van der Waals surface area (Å²) in [6, 6.07) is 54.5. The second-order valence-electron chi connectivity index (χ2n) is 13.7. The molecule has 0 aromatic heterocycles. The molecule has 0 heterocycles. The minimum absolute atomic E-state index is 0.211. The zero-order valence-corrected chi connectivity index (χ0v) is 26.1. The molecule has 3 atom stereocenters. The van der Waals surface area contributed by atoms with Crippen molar-refractivity contribution < 1.29 is 15.3 Å². The number of hydrogen-bond donors (Lipinski definition) is 3. The van der Waals surface area contributed by atoms with Gasteiger partial charge in [0.05, 0.1) is 10.8 Å². The van der Waals surface area contributed by atoms with Crippen molar-refractivity contribution >= 4 is 0 Å². The lowest BCUT2D eigenvalue weighted by atomic mass is 9.47. The first-order chi connectivity index (χ1) is 22.9. The largest absolute Gasteiger partial charge is 0.384 e. The summed E-state index contributed by atoms with van der Waals surface area (Å²) in [5, 5.41) is 42.5. The Balaban J connectivity index is 1.50. The first-order valence-electron chi connectivity index (χ1n) is 16.5. The molecule has 0 saturated heterocycles. The Bertz CT molecular complexity index is 1880. The molecule has 0 amide bonds. The van der Waals surface area contributed by atoms with E-state index in [9.17, 15) is 15.3 Å². The van der Waals surface area contributed by atoms with Crippen molar-refractivity contribution in [2.75, 3.05) is 0 Å². The molecule has 230 valence electrons. The highest BCUT2D eigenvalue weighted by molar-refractivity contribution is 5.77. The highest BCUT2D eigenvalue weighted by atomic mass is 16.3. The predicted octanol–water partition coefficient (Wildman–Crippen LogP) is 7.34. The lowest BCUT2D eigenvalue weighted by Gasteiger charge is -2.59. The van der Waals surface area contributed by atoms with Crippen LogP contribution in [0.15, 0.2) is 164 Å². The standard InChI is InChI=1S/C44H36O3/c45-40(28-31-16-4-1-5-17-31)34-22-10-13-25-37(34)43-38-26-14-11-23-35(38)41(46,29-32-18-6-2-7-19-32)44(40,43)42(47,30-33-20-8-3-9-21-33)36-24-12-15-27-39(36)43/h1-27,45-47H,28-30H2. The van der Waals surface area contributed by atoms with Gasteiger partial charge in [0.2, 0.25) is 0 Å². The van der Waals surface area contributed by atoms with Gasteiger partial charge in [-0.1, -0.05) is 164 Å². The summed E-state index contributed by atoms with van der Waals surface area (Å²) in [4.78, 5) is 0. The second kappa shape index (κ2) is 9.85. The molecule has 0 aliphatic heterocycles. The van der Waals surface area contributed by atoms with Gasteiger partial charge in [-0.3, -0.25) is 0 Å². The summed E-state index contributed by atoms with van der Waals surface area (Å²) in [6.45, 7) is 0. The van der Waals surface area contributed by atoms with Crippen LogP contribution in [0.3, 0.4) is 0 Å². The number of fused-ring (bicyclic) bond motifs is 3. The van der Waals surface area contributed by atoms with Crippen molar-refractivity contribution in [3.05, 3.63) is 214 Å². The Labute approximate surface area is 275 Å². The van der Waals surface area contributed by atoms with Crippen LogP contribution in [0.1, 0.15) is 50.1 Å². The number of aliphatic hydroxyl groups is 3. The second-order valence-corrected chi connectivity index (χ2v) is 13.7. The van der Waals surface area contributed by atoms with E-state index in [2.05, 4.69) is 18.2 Å². The fraction of sp³-hybridized carbons (Fsp3) is 0.182. The highest BCUT2D eigenvalue weighted by Crippen LogP contribution is 2.85. The number of hydrogen-bond acceptors (Lipinski definition) is 3. The molecule has 0 spiro atoms. The topological polar surface area (TPSA) is 60.7 Å². The summed E-state index contributed by atoms with van der Waals surface area (Å²) in [6.07, 6.45) is 0.633. The zero-order chi connectivity index (χ0) is 31.9. The molecule has 3 N–H and O–H groups in total. The van der Waals surface area contributed by atoms with Crippen molar-refractivity contribution in [2.24, 2.45) is 5.41 Å². The zero-order valence-electron chi connectivity index (χ0n) is 26.1. The molecule has 0 saturated carbocycles. The molecule has 3 unspecified atom stereocenters. The van der Waals surface area contributed by atoms with E-state index in [4.69, 9.17) is 0 Å². The fourth-order valence-electron chi connectivity index (χ4n) is 10.5. The third-order valence-corrected chi connectivity index (χ3v) is 11.7. The SMILES string of the molecule is OC1(Cc2ccccc2)c2ccccc2C23c4ccccc4C(O)(Cc4ccccc4)C12C(O)(Cc1ccccc1)c1ccccc13. The summed E-state index contributed by atoms with van der Waals surface area (Å²) < 4.78 is 0. The smallest absolute Gasteiger partial charge is 0.107 e. The maximum atomic E-state index is 14.2. The molecule has 47 heavy (non-hydrogen) atoms. The lowest BCUT2D eigenvalue weighted by Crippen LogP contribution is -2.69. The third kappa shape index (κ3) is 3.27. The third-order valence-electron chi connectivity index (χ3n) is 11.7. The van der Waals surface area contributed by atoms with Crippen LogP contribution >= 0.6 is 0 Å². The van der Waals surface area contributed by atoms with Crippen molar-refractivity contribution in [3.8, 4) is 0 Å². The number of rotatable bonds is 6. The monoisotopic (exact) mass is 612 g/mol. The fourth-order valence-corrected chi connectivity index (χ4v) is 10.5. The number of benzene rings is 6. The highest BCUT2D eigenvalue weighted by Gasteiger charge is 2.90. The van der Waals surface area contributed by atoms with Gasteiger partial charge in [0.15, 0.2) is 0 Å². The van der Waals surface area contributed by atoms with Crippen molar-refractivity contribution in [2.45, 2.75) is 41.5 Å². The van der Waals surface area contributed by atoms with Gasteiger partial charge >= 0.3 is 0 Å². The van der Waals surface area contributed by atoms with Crippen LogP contribution in [0.25, 0.3) is 0 Å². The minimum atomic E-state index is -1.71. The minimum Gasteiger partial charge on any atom is -0.384 e. The summed E-state index contributed by atoms with van der Waals surface area (Å²) in [5.41, 5.74) is 0.100. The van der Waals surface area contributed by atoms with Crippen LogP contribution in [0.5, 0.6) is 0 Å². The van der Waals surface area contributed by atoms with Crippen LogP contribution in [0.4, 0.5) is 0 Å². The summed E-state index contributed by atoms with van der Waals surface area (Å²) in [5.74, 6) is 0. The Kier molecular flexibility index (Phi) is 5.96. The van der Waals surface area contributed by atoms with Gasteiger partial charge < -0.3 is 15.3 Å². The molecule has 3 nitrogen and oxygen atoms in total. The van der Waals surface area contributed by atoms with Crippen molar-refractivity contribution in [1.82, 2.24) is 0 Å². The summed E-state index contributed by atoms with van der Waals surface area (Å²) >= 11 is 0. The predicted molar refractivity (Wildman–Crippen MR) is 184 cm³/mol. The van der Waals surface area contributed by atoms with E-state index in [1.807, 2.05) is 146 Å². The van der Waals surface area contributed by atoms with Gasteiger partial charge in [0, 0.05) is 19.3 Å². The first-order valence-corrected chi connectivity index (χ1v) is 16.5. The molecule has 0 fully saturated rings. The van der Waals surface area contributed by atoms with Gasteiger partial charge in [-0.15, -0.1) is 0 Å². The molecule has 9 rings (SSSR count). The molecule has 3 aliphatic rings. The van der Waals surface area contributed by atoms with Gasteiger partial charge in [-0.25, -0.2) is 0 Å². The van der Waals surface area contributed by atoms with Gasteiger partial charge in [-0.05, 0) is 50.1 Å². The van der Waals surface area contributed by atoms with E-state index in [1.54, 1.807) is 0 Å². The molecule has 3 aliphatic carbocycles. The van der Waals surface area contributed by atoms with Crippen LogP contribution in [-0.4, -0.2) is 15.3 Å². The Morgan fingerprint density at radius 2 is 0.532 bits per heavy atom. The molecular formula is C44H36O3. The molecule has 0 radical (unpaired) electrons. The molecule has 6 aromatic carbocycles. The maximum Gasteiger partial charge on any atom is 0.107 e. The van der Waals surface area contributed by atoms with E-state index < -0.39 is 27.6 Å². The first kappa shape index (κ1) is 28.4. The van der Waals surface area contributed by atoms with Crippen LogP contribution < -0.4 is 0 Å². The van der Waals surface area contributed by atoms with Crippen molar-refractivity contribution in [1.29, 1.82) is 0 Å². The van der Waals surface area contributed by atoms with Crippen LogP contribution in [-0.2, 0) is 41.5 Å². The lowest BCUT2D eigenvalue weighted by molar-refractivity contribution is -0.287. The van der Waals surface area contributed by atoms with E-state index in [0.29, 0.717) is 0 Å². The molecule has 6 aromatic rings. The average molecular weight is 613 g/mol. The van der Waals surface area contributed by atoms with Gasteiger partial charge in [-0.2, -0.15) is 0 Å². The maximum absolute atomic E-state index is 14.2. The Morgan fingerprint density at radius 3 is 0.809 bits per heavy atom. The molecule has 3 heteroatoms. The van der Waals surface area contributed by atoms with E-state index in [-0.39, 0.29) is 19.3 Å². The summed E-state index contributed by atoms with van der Waals surface area (Å²) in [7, 11) is 0. The average Bonchev–Trinajstić information content (AvgIpc) is 3.56. The molecule has 0 bridgehead atoms. The van der Waals surface area contributed by atoms with Gasteiger partial charge in [0.25, 0.3) is 0 Å². The Hall–Kier alpha value is -4.80. The van der Waals surface area contributed by atoms with E-state index >= 15 is 0 Å². The van der Waals surface area contributed by atoms with Crippen LogP contribution in [0.2, 0.25) is 0 Å². The van der Waals surface area contributed by atoms with Crippen molar-refractivity contribution in [3.63, 3.8) is 0 Å². The quantitative estimate of drug-likeness (QED) is 0.185. The van der Waals surface area contributed by atoms with E-state index in [0.717, 1.165) is 50.1 Å². The normalized spacial score (nSPS) is 29.4.